The molecule has 0 saturated carbocycles. The van der Waals surface area contributed by atoms with Crippen LogP contribution in [0.2, 0.25) is 0 Å². The molecular formula is C17H14F3NO6S. The van der Waals surface area contributed by atoms with Crippen molar-refractivity contribution < 1.29 is 40.6 Å². The maximum absolute atomic E-state index is 12.5. The smallest absolute Gasteiger partial charge is 0.454 e. The fraction of sp³-hybridized carbons (Fsp3) is 0.235. The highest BCUT2D eigenvalue weighted by atomic mass is 32.2. The van der Waals surface area contributed by atoms with Gasteiger partial charge in [0.25, 0.3) is 5.91 Å². The van der Waals surface area contributed by atoms with Crippen LogP contribution in [0, 0.1) is 0 Å². The van der Waals surface area contributed by atoms with Gasteiger partial charge in [0, 0.05) is 0 Å². The van der Waals surface area contributed by atoms with Gasteiger partial charge in [-0.1, -0.05) is 6.07 Å². The first-order valence-corrected chi connectivity index (χ1v) is 9.51. The van der Waals surface area contributed by atoms with Crippen LogP contribution in [0.5, 0.6) is 17.2 Å². The molecule has 150 valence electrons. The fourth-order valence-electron chi connectivity index (χ4n) is 2.58. The standard InChI is InChI=1S/C17H14F3NO6S/c18-17(19,20)27-13-4-2-11(8-12(13)16(21)22)28(23,24)6-5-10-1-3-14-15(7-10)26-9-25-14/h1-4,7-8H,5-6,9H2,(H2,21,22). The monoisotopic (exact) mass is 417 g/mol. The van der Waals surface area contributed by atoms with E-state index in [1.165, 1.54) is 0 Å². The molecule has 0 bridgehead atoms. The molecule has 0 aromatic heterocycles. The third-order valence-electron chi connectivity index (χ3n) is 3.90. The summed E-state index contributed by atoms with van der Waals surface area (Å²) in [5, 5.41) is 0. The SMILES string of the molecule is NC(=O)c1cc(S(=O)(=O)CCc2ccc3c(c2)OCO3)ccc1OC(F)(F)F. The van der Waals surface area contributed by atoms with Crippen molar-refractivity contribution in [3.8, 4) is 17.2 Å². The van der Waals surface area contributed by atoms with Crippen LogP contribution in [-0.2, 0) is 16.3 Å². The number of primary amides is 1. The van der Waals surface area contributed by atoms with E-state index in [4.69, 9.17) is 15.2 Å². The molecule has 0 atom stereocenters. The number of hydrogen-bond acceptors (Lipinski definition) is 6. The molecule has 0 unspecified atom stereocenters. The van der Waals surface area contributed by atoms with Gasteiger partial charge < -0.3 is 19.9 Å². The van der Waals surface area contributed by atoms with E-state index in [2.05, 4.69) is 4.74 Å². The van der Waals surface area contributed by atoms with E-state index in [1.807, 2.05) is 0 Å². The highest BCUT2D eigenvalue weighted by Crippen LogP contribution is 2.33. The molecule has 0 radical (unpaired) electrons. The highest BCUT2D eigenvalue weighted by Gasteiger charge is 2.33. The van der Waals surface area contributed by atoms with Gasteiger partial charge in [-0.05, 0) is 42.3 Å². The topological polar surface area (TPSA) is 105 Å². The Morgan fingerprint density at radius 3 is 2.50 bits per heavy atom. The van der Waals surface area contributed by atoms with E-state index >= 15 is 0 Å². The normalized spacial score (nSPS) is 13.4. The molecule has 2 aromatic carbocycles. The first kappa shape index (κ1) is 19.8. The molecule has 1 amide bonds. The molecule has 28 heavy (non-hydrogen) atoms. The van der Waals surface area contributed by atoms with Crippen molar-refractivity contribution in [1.82, 2.24) is 0 Å². The van der Waals surface area contributed by atoms with E-state index < -0.39 is 33.4 Å². The lowest BCUT2D eigenvalue weighted by atomic mass is 10.1. The number of aryl methyl sites for hydroxylation is 1. The van der Waals surface area contributed by atoms with E-state index in [0.29, 0.717) is 17.1 Å². The van der Waals surface area contributed by atoms with Crippen LogP contribution in [0.25, 0.3) is 0 Å². The molecule has 0 fully saturated rings. The predicted octanol–water partition coefficient (Wildman–Crippen LogP) is 2.43. The molecule has 3 rings (SSSR count). The van der Waals surface area contributed by atoms with Crippen molar-refractivity contribution in [2.24, 2.45) is 5.73 Å². The van der Waals surface area contributed by atoms with Gasteiger partial charge in [-0.3, -0.25) is 4.79 Å². The van der Waals surface area contributed by atoms with Crippen molar-refractivity contribution in [3.63, 3.8) is 0 Å². The van der Waals surface area contributed by atoms with Crippen LogP contribution in [0.4, 0.5) is 13.2 Å². The molecule has 0 saturated heterocycles. The van der Waals surface area contributed by atoms with Crippen molar-refractivity contribution in [3.05, 3.63) is 47.5 Å². The lowest BCUT2D eigenvalue weighted by Gasteiger charge is -2.13. The number of halogens is 3. The Kier molecular flexibility index (Phi) is 5.11. The van der Waals surface area contributed by atoms with Crippen molar-refractivity contribution >= 4 is 15.7 Å². The quantitative estimate of drug-likeness (QED) is 0.774. The number of carbonyl (C=O) groups is 1. The summed E-state index contributed by atoms with van der Waals surface area (Å²) in [7, 11) is -3.91. The first-order chi connectivity index (χ1) is 13.0. The number of carbonyl (C=O) groups excluding carboxylic acids is 1. The molecule has 11 heteroatoms. The van der Waals surface area contributed by atoms with E-state index in [1.54, 1.807) is 18.2 Å². The zero-order chi connectivity index (χ0) is 20.5. The zero-order valence-electron chi connectivity index (χ0n) is 14.2. The van der Waals surface area contributed by atoms with Crippen LogP contribution in [-0.4, -0.2) is 33.2 Å². The molecule has 1 heterocycles. The first-order valence-electron chi connectivity index (χ1n) is 7.86. The van der Waals surface area contributed by atoms with Gasteiger partial charge in [0.15, 0.2) is 21.3 Å². The average Bonchev–Trinajstić information content (AvgIpc) is 3.06. The number of rotatable bonds is 6. The molecular weight excluding hydrogens is 403 g/mol. The fourth-order valence-corrected chi connectivity index (χ4v) is 3.89. The summed E-state index contributed by atoms with van der Waals surface area (Å²) in [5.74, 6) is -1.40. The Hall–Kier alpha value is -2.95. The van der Waals surface area contributed by atoms with Gasteiger partial charge in [-0.15, -0.1) is 13.2 Å². The molecule has 2 N–H and O–H groups in total. The van der Waals surface area contributed by atoms with Gasteiger partial charge in [0.1, 0.15) is 5.75 Å². The van der Waals surface area contributed by atoms with Gasteiger partial charge in [0.2, 0.25) is 6.79 Å². The number of amides is 1. The van der Waals surface area contributed by atoms with E-state index in [9.17, 15) is 26.4 Å². The van der Waals surface area contributed by atoms with Gasteiger partial charge in [-0.2, -0.15) is 0 Å². The largest absolute Gasteiger partial charge is 0.573 e. The summed E-state index contributed by atoms with van der Waals surface area (Å²) < 4.78 is 76.4. The number of hydrogen-bond donors (Lipinski definition) is 1. The zero-order valence-corrected chi connectivity index (χ0v) is 15.0. The second-order valence-corrected chi connectivity index (χ2v) is 7.94. The lowest BCUT2D eigenvalue weighted by Crippen LogP contribution is -2.21. The number of benzene rings is 2. The minimum absolute atomic E-state index is 0.0827. The Bertz CT molecular complexity index is 1020. The highest BCUT2D eigenvalue weighted by molar-refractivity contribution is 7.91. The number of nitrogens with two attached hydrogens (primary N) is 1. The number of ether oxygens (including phenoxy) is 3. The van der Waals surface area contributed by atoms with Gasteiger partial charge in [0.05, 0.1) is 16.2 Å². The minimum Gasteiger partial charge on any atom is -0.454 e. The third kappa shape index (κ3) is 4.47. The van der Waals surface area contributed by atoms with Crippen molar-refractivity contribution in [2.45, 2.75) is 17.7 Å². The van der Waals surface area contributed by atoms with Crippen LogP contribution in [0.1, 0.15) is 15.9 Å². The van der Waals surface area contributed by atoms with Gasteiger partial charge >= 0.3 is 6.36 Å². The van der Waals surface area contributed by atoms with E-state index in [-0.39, 0.29) is 23.9 Å². The van der Waals surface area contributed by atoms with Crippen LogP contribution >= 0.6 is 0 Å². The number of sulfone groups is 1. The average molecular weight is 417 g/mol. The third-order valence-corrected chi connectivity index (χ3v) is 5.61. The molecule has 0 spiro atoms. The summed E-state index contributed by atoms with van der Waals surface area (Å²) in [6, 6.07) is 7.44. The Morgan fingerprint density at radius 2 is 1.82 bits per heavy atom. The maximum atomic E-state index is 12.5. The molecule has 1 aliphatic heterocycles. The van der Waals surface area contributed by atoms with Crippen molar-refractivity contribution in [1.29, 1.82) is 0 Å². The van der Waals surface area contributed by atoms with E-state index in [0.717, 1.165) is 18.2 Å². The molecule has 7 nitrogen and oxygen atoms in total. The molecule has 0 aliphatic carbocycles. The van der Waals surface area contributed by atoms with Gasteiger partial charge in [-0.25, -0.2) is 8.42 Å². The summed E-state index contributed by atoms with van der Waals surface area (Å²) in [5.41, 5.74) is 5.04. The second kappa shape index (κ2) is 7.23. The maximum Gasteiger partial charge on any atom is 0.573 e. The number of fused-ring (bicyclic) bond motifs is 1. The Balaban J connectivity index is 1.81. The molecule has 1 aliphatic rings. The minimum atomic E-state index is -5.05. The number of alkyl halides is 3. The Labute approximate surface area is 157 Å². The second-order valence-electron chi connectivity index (χ2n) is 5.83. The molecule has 2 aromatic rings. The van der Waals surface area contributed by atoms with Crippen LogP contribution < -0.4 is 19.9 Å². The summed E-state index contributed by atoms with van der Waals surface area (Å²) >= 11 is 0. The Morgan fingerprint density at radius 1 is 1.11 bits per heavy atom. The predicted molar refractivity (Wildman–Crippen MR) is 90.0 cm³/mol. The van der Waals surface area contributed by atoms with Crippen LogP contribution in [0.15, 0.2) is 41.3 Å². The summed E-state index contributed by atoms with van der Waals surface area (Å²) in [6.07, 6.45) is -4.93. The van der Waals surface area contributed by atoms with Crippen molar-refractivity contribution in [2.75, 3.05) is 12.5 Å². The summed E-state index contributed by atoms with van der Waals surface area (Å²) in [6.45, 7) is 0.0827. The summed E-state index contributed by atoms with van der Waals surface area (Å²) in [4.78, 5) is 11.1. The lowest BCUT2D eigenvalue weighted by molar-refractivity contribution is -0.274. The van der Waals surface area contributed by atoms with Crippen LogP contribution in [0.3, 0.4) is 0 Å².